The highest BCUT2D eigenvalue weighted by Crippen LogP contribution is 2.23. The molecular weight excluding hydrogens is 252 g/mol. The average molecular weight is 276 g/mol. The zero-order valence-electron chi connectivity index (χ0n) is 12.5. The van der Waals surface area contributed by atoms with Gasteiger partial charge in [-0.15, -0.1) is 0 Å². The van der Waals surface area contributed by atoms with E-state index >= 15 is 0 Å². The van der Waals surface area contributed by atoms with Crippen LogP contribution in [0.4, 0.5) is 11.4 Å². The maximum absolute atomic E-state index is 12.1. The van der Waals surface area contributed by atoms with Crippen LogP contribution in [0.1, 0.15) is 6.42 Å². The molecule has 0 unspecified atom stereocenters. The summed E-state index contributed by atoms with van der Waals surface area (Å²) in [7, 11) is 5.74. The van der Waals surface area contributed by atoms with Crippen molar-refractivity contribution in [2.24, 2.45) is 0 Å². The van der Waals surface area contributed by atoms with Gasteiger partial charge in [-0.1, -0.05) is 0 Å². The van der Waals surface area contributed by atoms with Gasteiger partial charge in [0, 0.05) is 31.5 Å². The van der Waals surface area contributed by atoms with Crippen LogP contribution in [-0.4, -0.2) is 62.5 Å². The number of nitrogens with two attached hydrogens (primary N) is 1. The number of rotatable bonds is 4. The van der Waals surface area contributed by atoms with E-state index in [1.807, 2.05) is 55.2 Å². The Kier molecular flexibility index (Phi) is 4.49. The van der Waals surface area contributed by atoms with Crippen LogP contribution >= 0.6 is 0 Å². The van der Waals surface area contributed by atoms with E-state index in [0.29, 0.717) is 12.6 Å². The lowest BCUT2D eigenvalue weighted by atomic mass is 10.2. The summed E-state index contributed by atoms with van der Waals surface area (Å²) in [5.74, 6) is 0.180. The largest absolute Gasteiger partial charge is 0.399 e. The summed E-state index contributed by atoms with van der Waals surface area (Å²) in [5.41, 5.74) is 7.67. The molecule has 0 aliphatic carbocycles. The lowest BCUT2D eigenvalue weighted by Gasteiger charge is -2.26. The van der Waals surface area contributed by atoms with Crippen molar-refractivity contribution >= 4 is 17.3 Å². The van der Waals surface area contributed by atoms with Gasteiger partial charge in [-0.25, -0.2) is 0 Å². The number of amides is 1. The topological polar surface area (TPSA) is 52.8 Å². The van der Waals surface area contributed by atoms with Gasteiger partial charge in [0.15, 0.2) is 0 Å². The van der Waals surface area contributed by atoms with Crippen molar-refractivity contribution in [3.63, 3.8) is 0 Å². The third kappa shape index (κ3) is 3.42. The van der Waals surface area contributed by atoms with E-state index in [2.05, 4.69) is 4.90 Å². The second-order valence-corrected chi connectivity index (χ2v) is 5.72. The molecule has 0 radical (unpaired) electrons. The van der Waals surface area contributed by atoms with Crippen LogP contribution in [0.5, 0.6) is 0 Å². The van der Waals surface area contributed by atoms with Crippen LogP contribution in [0.15, 0.2) is 24.3 Å². The zero-order chi connectivity index (χ0) is 14.7. The van der Waals surface area contributed by atoms with Crippen LogP contribution in [-0.2, 0) is 4.79 Å². The van der Waals surface area contributed by atoms with Crippen LogP contribution in [0.25, 0.3) is 0 Å². The van der Waals surface area contributed by atoms with Crippen molar-refractivity contribution in [2.45, 2.75) is 12.5 Å². The molecule has 2 rings (SSSR count). The summed E-state index contributed by atoms with van der Waals surface area (Å²) >= 11 is 0. The number of benzene rings is 1. The van der Waals surface area contributed by atoms with Crippen LogP contribution in [0.2, 0.25) is 0 Å². The van der Waals surface area contributed by atoms with Gasteiger partial charge < -0.3 is 20.4 Å². The summed E-state index contributed by atoms with van der Waals surface area (Å²) in [6.45, 7) is 2.34. The first-order valence-electron chi connectivity index (χ1n) is 6.98. The van der Waals surface area contributed by atoms with Gasteiger partial charge >= 0.3 is 0 Å². The van der Waals surface area contributed by atoms with Gasteiger partial charge in [-0.2, -0.15) is 0 Å². The third-order valence-electron chi connectivity index (χ3n) is 3.81. The minimum absolute atomic E-state index is 0.180. The van der Waals surface area contributed by atoms with Crippen LogP contribution < -0.4 is 10.6 Å². The molecule has 110 valence electrons. The highest BCUT2D eigenvalue weighted by Gasteiger charge is 2.28. The van der Waals surface area contributed by atoms with Crippen molar-refractivity contribution < 1.29 is 4.79 Å². The Balaban J connectivity index is 1.94. The standard InChI is InChI=1S/C15H24N4O/c1-17(2)11-15(20)18(3)14-8-9-19(10-14)13-6-4-12(16)5-7-13/h4-7,14H,8-11,16H2,1-3H3/t14-/m1/s1. The molecule has 20 heavy (non-hydrogen) atoms. The Morgan fingerprint density at radius 1 is 1.30 bits per heavy atom. The highest BCUT2D eigenvalue weighted by atomic mass is 16.2. The highest BCUT2D eigenvalue weighted by molar-refractivity contribution is 5.78. The fourth-order valence-electron chi connectivity index (χ4n) is 2.56. The molecule has 1 aromatic rings. The number of carbonyl (C=O) groups is 1. The van der Waals surface area contributed by atoms with E-state index in [-0.39, 0.29) is 5.91 Å². The molecule has 1 amide bonds. The lowest BCUT2D eigenvalue weighted by molar-refractivity contribution is -0.132. The smallest absolute Gasteiger partial charge is 0.236 e. The number of hydrogen-bond donors (Lipinski definition) is 1. The second-order valence-electron chi connectivity index (χ2n) is 5.72. The Labute approximate surface area is 120 Å². The van der Waals surface area contributed by atoms with E-state index in [0.717, 1.165) is 25.2 Å². The molecule has 0 saturated carbocycles. The van der Waals surface area contributed by atoms with Crippen molar-refractivity contribution in [2.75, 3.05) is 51.4 Å². The molecule has 1 fully saturated rings. The van der Waals surface area contributed by atoms with E-state index in [4.69, 9.17) is 5.73 Å². The number of anilines is 2. The van der Waals surface area contributed by atoms with Gasteiger partial charge in [0.1, 0.15) is 0 Å². The Morgan fingerprint density at radius 3 is 2.55 bits per heavy atom. The van der Waals surface area contributed by atoms with E-state index in [1.54, 1.807) is 0 Å². The van der Waals surface area contributed by atoms with Gasteiger partial charge in [-0.05, 0) is 44.8 Å². The van der Waals surface area contributed by atoms with E-state index in [9.17, 15) is 4.79 Å². The molecule has 5 heteroatoms. The quantitative estimate of drug-likeness (QED) is 0.829. The predicted molar refractivity (Wildman–Crippen MR) is 82.8 cm³/mol. The molecule has 1 saturated heterocycles. The normalized spacial score (nSPS) is 18.6. The van der Waals surface area contributed by atoms with Crippen molar-refractivity contribution in [1.82, 2.24) is 9.80 Å². The van der Waals surface area contributed by atoms with Gasteiger partial charge in [-0.3, -0.25) is 4.79 Å². The van der Waals surface area contributed by atoms with Gasteiger partial charge in [0.25, 0.3) is 0 Å². The van der Waals surface area contributed by atoms with Crippen molar-refractivity contribution in [3.05, 3.63) is 24.3 Å². The molecule has 1 aliphatic heterocycles. The molecule has 0 spiro atoms. The Morgan fingerprint density at radius 2 is 1.95 bits per heavy atom. The fraction of sp³-hybridized carbons (Fsp3) is 0.533. The summed E-state index contributed by atoms with van der Waals surface area (Å²) in [4.78, 5) is 18.2. The third-order valence-corrected chi connectivity index (χ3v) is 3.81. The second kappa shape index (κ2) is 6.13. The molecule has 5 nitrogen and oxygen atoms in total. The molecule has 1 heterocycles. The number of nitrogens with zero attached hydrogens (tertiary/aromatic N) is 3. The number of hydrogen-bond acceptors (Lipinski definition) is 4. The molecule has 0 bridgehead atoms. The first-order chi connectivity index (χ1) is 9.47. The van der Waals surface area contributed by atoms with Crippen molar-refractivity contribution in [3.8, 4) is 0 Å². The van der Waals surface area contributed by atoms with Gasteiger partial charge in [0.05, 0.1) is 12.6 Å². The minimum Gasteiger partial charge on any atom is -0.399 e. The molecule has 0 aromatic heterocycles. The number of likely N-dealkylation sites (N-methyl/N-ethyl adjacent to an activating group) is 2. The van der Waals surface area contributed by atoms with Crippen LogP contribution in [0, 0.1) is 0 Å². The fourth-order valence-corrected chi connectivity index (χ4v) is 2.56. The predicted octanol–water partition coefficient (Wildman–Crippen LogP) is 0.868. The monoisotopic (exact) mass is 276 g/mol. The minimum atomic E-state index is 0.180. The van der Waals surface area contributed by atoms with Gasteiger partial charge in [0.2, 0.25) is 5.91 Å². The lowest BCUT2D eigenvalue weighted by Crippen LogP contribution is -2.43. The summed E-state index contributed by atoms with van der Waals surface area (Å²) < 4.78 is 0. The van der Waals surface area contributed by atoms with E-state index < -0.39 is 0 Å². The summed E-state index contributed by atoms with van der Waals surface area (Å²) in [6.07, 6.45) is 1.01. The van der Waals surface area contributed by atoms with Crippen molar-refractivity contribution in [1.29, 1.82) is 0 Å². The maximum Gasteiger partial charge on any atom is 0.236 e. The Bertz CT molecular complexity index is 457. The van der Waals surface area contributed by atoms with Crippen LogP contribution in [0.3, 0.4) is 0 Å². The first-order valence-corrected chi connectivity index (χ1v) is 6.98. The SMILES string of the molecule is CN(C)CC(=O)N(C)[C@@H]1CCN(c2ccc(N)cc2)C1. The zero-order valence-corrected chi connectivity index (χ0v) is 12.5. The Hall–Kier alpha value is -1.75. The summed E-state index contributed by atoms with van der Waals surface area (Å²) in [6, 6.07) is 8.21. The number of nitrogen functional groups attached to an aromatic ring is 1. The molecular formula is C15H24N4O. The van der Waals surface area contributed by atoms with E-state index in [1.165, 1.54) is 5.69 Å². The molecule has 1 aromatic carbocycles. The average Bonchev–Trinajstić information content (AvgIpc) is 2.87. The molecule has 1 aliphatic rings. The molecule has 2 N–H and O–H groups in total. The molecule has 1 atom stereocenters. The first kappa shape index (κ1) is 14.7. The summed E-state index contributed by atoms with van der Waals surface area (Å²) in [5, 5.41) is 0. The maximum atomic E-state index is 12.1. The number of carbonyl (C=O) groups excluding carboxylic acids is 1.